The number of nitrogens with one attached hydrogen (secondary N) is 1. The number of pyridine rings is 1. The van der Waals surface area contributed by atoms with E-state index in [2.05, 4.69) is 33.2 Å². The summed E-state index contributed by atoms with van der Waals surface area (Å²) >= 11 is 5.19. The zero-order chi connectivity index (χ0) is 13.2. The Morgan fingerprint density at radius 2 is 2.26 bits per heavy atom. The topological polar surface area (TPSA) is 37.8 Å². The highest BCUT2D eigenvalue weighted by molar-refractivity contribution is 9.10. The average Bonchev–Trinajstić information content (AvgIpc) is 3.18. The number of thiazole rings is 1. The molecule has 2 aromatic rings. The zero-order valence-corrected chi connectivity index (χ0v) is 13.2. The molecule has 0 aliphatic heterocycles. The van der Waals surface area contributed by atoms with Crippen LogP contribution in [0.25, 0.3) is 10.7 Å². The molecule has 0 atom stereocenters. The first-order valence-corrected chi connectivity index (χ1v) is 8.21. The Morgan fingerprint density at radius 1 is 1.42 bits per heavy atom. The molecular formula is C14H16BrN3S. The second kappa shape index (κ2) is 5.69. The van der Waals surface area contributed by atoms with Crippen LogP contribution in [0.4, 0.5) is 0 Å². The largest absolute Gasteiger partial charge is 0.312 e. The first-order valence-electron chi connectivity index (χ1n) is 6.60. The van der Waals surface area contributed by atoms with Gasteiger partial charge in [0.15, 0.2) is 0 Å². The van der Waals surface area contributed by atoms with Crippen LogP contribution in [0.1, 0.15) is 36.3 Å². The van der Waals surface area contributed by atoms with Gasteiger partial charge in [0.05, 0.1) is 11.4 Å². The fourth-order valence-electron chi connectivity index (χ4n) is 2.02. The van der Waals surface area contributed by atoms with Gasteiger partial charge in [0, 0.05) is 28.0 Å². The molecule has 0 bridgehead atoms. The van der Waals surface area contributed by atoms with Crippen molar-refractivity contribution in [2.45, 2.75) is 32.2 Å². The van der Waals surface area contributed by atoms with Gasteiger partial charge in [-0.25, -0.2) is 4.98 Å². The summed E-state index contributed by atoms with van der Waals surface area (Å²) in [7, 11) is 0. The smallest absolute Gasteiger partial charge is 0.142 e. The molecule has 0 aromatic carbocycles. The summed E-state index contributed by atoms with van der Waals surface area (Å²) in [4.78, 5) is 10.6. The Kier molecular flexibility index (Phi) is 3.96. The van der Waals surface area contributed by atoms with E-state index in [9.17, 15) is 0 Å². The van der Waals surface area contributed by atoms with Gasteiger partial charge in [0.1, 0.15) is 5.01 Å². The molecule has 1 saturated carbocycles. The molecule has 3 rings (SSSR count). The zero-order valence-electron chi connectivity index (χ0n) is 10.8. The third-order valence-electron chi connectivity index (χ3n) is 3.17. The number of nitrogens with zero attached hydrogens (tertiary/aromatic N) is 2. The lowest BCUT2D eigenvalue weighted by molar-refractivity contribution is 0.727. The van der Waals surface area contributed by atoms with Crippen LogP contribution in [0.5, 0.6) is 0 Å². The molecular weight excluding hydrogens is 322 g/mol. The van der Waals surface area contributed by atoms with E-state index in [1.165, 1.54) is 23.4 Å². The Balaban J connectivity index is 1.91. The fourth-order valence-corrected chi connectivity index (χ4v) is 3.34. The number of hydrogen-bond acceptors (Lipinski definition) is 4. The monoisotopic (exact) mass is 337 g/mol. The van der Waals surface area contributed by atoms with Crippen molar-refractivity contribution in [1.82, 2.24) is 15.3 Å². The minimum absolute atomic E-state index is 0.689. The van der Waals surface area contributed by atoms with Crippen molar-refractivity contribution in [1.29, 1.82) is 0 Å². The molecule has 2 aromatic heterocycles. The maximum Gasteiger partial charge on any atom is 0.142 e. The molecule has 2 heterocycles. The van der Waals surface area contributed by atoms with Crippen LogP contribution in [0, 0.1) is 0 Å². The highest BCUT2D eigenvalue weighted by Gasteiger charge is 2.29. The van der Waals surface area contributed by atoms with E-state index in [0.29, 0.717) is 5.92 Å². The molecule has 0 radical (unpaired) electrons. The lowest BCUT2D eigenvalue weighted by Crippen LogP contribution is -2.11. The first kappa shape index (κ1) is 13.2. The minimum atomic E-state index is 0.689. The Labute approximate surface area is 125 Å². The SMILES string of the molecule is CCNCc1sc(-c2ccc(Br)cn2)nc1C1CC1. The summed E-state index contributed by atoms with van der Waals surface area (Å²) < 4.78 is 1.00. The molecule has 1 fully saturated rings. The molecule has 5 heteroatoms. The van der Waals surface area contributed by atoms with E-state index in [1.54, 1.807) is 11.3 Å². The molecule has 3 nitrogen and oxygen atoms in total. The fraction of sp³-hybridized carbons (Fsp3) is 0.429. The van der Waals surface area contributed by atoms with Crippen LogP contribution in [0.3, 0.4) is 0 Å². The Morgan fingerprint density at radius 3 is 2.89 bits per heavy atom. The van der Waals surface area contributed by atoms with Gasteiger partial charge in [0.25, 0.3) is 0 Å². The molecule has 0 unspecified atom stereocenters. The molecule has 0 saturated heterocycles. The van der Waals surface area contributed by atoms with E-state index in [-0.39, 0.29) is 0 Å². The van der Waals surface area contributed by atoms with Gasteiger partial charge >= 0.3 is 0 Å². The summed E-state index contributed by atoms with van der Waals surface area (Å²) in [5.41, 5.74) is 2.27. The normalized spacial score (nSPS) is 14.8. The van der Waals surface area contributed by atoms with E-state index in [0.717, 1.165) is 28.3 Å². The minimum Gasteiger partial charge on any atom is -0.312 e. The van der Waals surface area contributed by atoms with Crippen LogP contribution >= 0.6 is 27.3 Å². The van der Waals surface area contributed by atoms with Gasteiger partial charge in [-0.05, 0) is 47.4 Å². The molecule has 1 N–H and O–H groups in total. The number of hydrogen-bond donors (Lipinski definition) is 1. The number of aromatic nitrogens is 2. The Bertz CT molecular complexity index is 561. The summed E-state index contributed by atoms with van der Waals surface area (Å²) in [5, 5.41) is 4.45. The predicted octanol–water partition coefficient (Wildman–Crippen LogP) is 3.95. The summed E-state index contributed by atoms with van der Waals surface area (Å²) in [5.74, 6) is 0.689. The van der Waals surface area contributed by atoms with Crippen LogP contribution in [0.2, 0.25) is 0 Å². The molecule has 19 heavy (non-hydrogen) atoms. The summed E-state index contributed by atoms with van der Waals surface area (Å²) in [6.45, 7) is 4.05. The van der Waals surface area contributed by atoms with Crippen LogP contribution < -0.4 is 5.32 Å². The van der Waals surface area contributed by atoms with Gasteiger partial charge in [-0.3, -0.25) is 4.98 Å². The third kappa shape index (κ3) is 3.04. The van der Waals surface area contributed by atoms with Crippen molar-refractivity contribution in [3.05, 3.63) is 33.4 Å². The van der Waals surface area contributed by atoms with Crippen molar-refractivity contribution in [2.75, 3.05) is 6.54 Å². The Hall–Kier alpha value is -0.780. The second-order valence-electron chi connectivity index (χ2n) is 4.74. The summed E-state index contributed by atoms with van der Waals surface area (Å²) in [6.07, 6.45) is 4.41. The second-order valence-corrected chi connectivity index (χ2v) is 6.74. The maximum absolute atomic E-state index is 4.83. The lowest BCUT2D eigenvalue weighted by atomic mass is 10.2. The molecule has 1 aliphatic carbocycles. The van der Waals surface area contributed by atoms with Gasteiger partial charge in [-0.1, -0.05) is 6.92 Å². The van der Waals surface area contributed by atoms with Crippen molar-refractivity contribution < 1.29 is 0 Å². The molecule has 0 spiro atoms. The van der Waals surface area contributed by atoms with Crippen molar-refractivity contribution in [2.24, 2.45) is 0 Å². The van der Waals surface area contributed by atoms with Crippen LogP contribution in [-0.4, -0.2) is 16.5 Å². The van der Waals surface area contributed by atoms with Crippen molar-refractivity contribution in [3.63, 3.8) is 0 Å². The highest BCUT2D eigenvalue weighted by atomic mass is 79.9. The summed E-state index contributed by atoms with van der Waals surface area (Å²) in [6, 6.07) is 4.04. The average molecular weight is 338 g/mol. The van der Waals surface area contributed by atoms with Gasteiger partial charge in [-0.15, -0.1) is 11.3 Å². The van der Waals surface area contributed by atoms with E-state index in [4.69, 9.17) is 4.98 Å². The molecule has 1 aliphatic rings. The van der Waals surface area contributed by atoms with Crippen LogP contribution in [-0.2, 0) is 6.54 Å². The molecule has 0 amide bonds. The number of halogens is 1. The predicted molar refractivity (Wildman–Crippen MR) is 82.4 cm³/mol. The van der Waals surface area contributed by atoms with Crippen molar-refractivity contribution in [3.8, 4) is 10.7 Å². The lowest BCUT2D eigenvalue weighted by Gasteiger charge is -2.00. The van der Waals surface area contributed by atoms with Gasteiger partial charge < -0.3 is 5.32 Å². The molecule has 100 valence electrons. The first-order chi connectivity index (χ1) is 9.28. The van der Waals surface area contributed by atoms with Crippen molar-refractivity contribution >= 4 is 27.3 Å². The van der Waals surface area contributed by atoms with Gasteiger partial charge in [-0.2, -0.15) is 0 Å². The standard InChI is InChI=1S/C14H16BrN3S/c1-2-16-8-12-13(9-3-4-9)18-14(19-12)11-6-5-10(15)7-17-11/h5-7,9,16H,2-4,8H2,1H3. The van der Waals surface area contributed by atoms with Crippen LogP contribution in [0.15, 0.2) is 22.8 Å². The quantitative estimate of drug-likeness (QED) is 0.897. The maximum atomic E-state index is 4.83. The van der Waals surface area contributed by atoms with E-state index >= 15 is 0 Å². The third-order valence-corrected chi connectivity index (χ3v) is 4.74. The number of rotatable bonds is 5. The van der Waals surface area contributed by atoms with Gasteiger partial charge in [0.2, 0.25) is 0 Å². The van der Waals surface area contributed by atoms with E-state index in [1.807, 2.05) is 18.3 Å². The van der Waals surface area contributed by atoms with E-state index < -0.39 is 0 Å². The highest BCUT2D eigenvalue weighted by Crippen LogP contribution is 2.44.